The number of carbonyl (C=O) groups excluding carboxylic acids is 1. The van der Waals surface area contributed by atoms with Crippen LogP contribution in [0.1, 0.15) is 42.5 Å². The number of hydrogen-bond acceptors (Lipinski definition) is 2. The number of carboxylic acid groups (broad SMARTS) is 1. The first-order valence-electron chi connectivity index (χ1n) is 9.15. The van der Waals surface area contributed by atoms with Crippen LogP contribution in [-0.4, -0.2) is 30.2 Å². The second-order valence-electron chi connectivity index (χ2n) is 6.77. The highest BCUT2D eigenvalue weighted by atomic mass is 19.1. The SMILES string of the molecule is CNC(=O)c1cccc(-c2cc(N(C(=O)O)C3CCCCC3)ccc2F)c1. The van der Waals surface area contributed by atoms with Gasteiger partial charge in [0.25, 0.3) is 5.91 Å². The monoisotopic (exact) mass is 370 g/mol. The van der Waals surface area contributed by atoms with Crippen LogP contribution in [0.15, 0.2) is 42.5 Å². The van der Waals surface area contributed by atoms with Crippen LogP contribution >= 0.6 is 0 Å². The Morgan fingerprint density at radius 1 is 1.11 bits per heavy atom. The van der Waals surface area contributed by atoms with Gasteiger partial charge in [-0.05, 0) is 48.7 Å². The van der Waals surface area contributed by atoms with Crippen LogP contribution < -0.4 is 10.2 Å². The molecule has 27 heavy (non-hydrogen) atoms. The van der Waals surface area contributed by atoms with Gasteiger partial charge in [0.15, 0.2) is 0 Å². The minimum atomic E-state index is -1.03. The minimum Gasteiger partial charge on any atom is -0.465 e. The molecule has 0 spiro atoms. The highest BCUT2D eigenvalue weighted by Gasteiger charge is 2.27. The van der Waals surface area contributed by atoms with Crippen LogP contribution in [-0.2, 0) is 0 Å². The van der Waals surface area contributed by atoms with E-state index >= 15 is 0 Å². The first-order valence-corrected chi connectivity index (χ1v) is 9.15. The topological polar surface area (TPSA) is 69.6 Å². The number of carbonyl (C=O) groups is 2. The summed E-state index contributed by atoms with van der Waals surface area (Å²) in [5.41, 5.74) is 1.68. The Morgan fingerprint density at radius 2 is 1.85 bits per heavy atom. The maximum Gasteiger partial charge on any atom is 0.412 e. The molecule has 1 aliphatic rings. The van der Waals surface area contributed by atoms with Gasteiger partial charge in [0, 0.05) is 29.9 Å². The van der Waals surface area contributed by atoms with Crippen LogP contribution in [0.25, 0.3) is 11.1 Å². The van der Waals surface area contributed by atoms with Crippen molar-refractivity contribution in [1.29, 1.82) is 0 Å². The van der Waals surface area contributed by atoms with Crippen LogP contribution in [0, 0.1) is 5.82 Å². The standard InChI is InChI=1S/C21H23FN2O3/c1-23-20(25)15-7-5-6-14(12-15)18-13-17(10-11-19(18)22)24(21(26)27)16-8-3-2-4-9-16/h5-7,10-13,16H,2-4,8-9H2,1H3,(H,23,25)(H,26,27). The molecule has 0 atom stereocenters. The zero-order chi connectivity index (χ0) is 19.4. The van der Waals surface area contributed by atoms with Gasteiger partial charge in [-0.25, -0.2) is 9.18 Å². The van der Waals surface area contributed by atoms with E-state index in [1.165, 1.54) is 24.1 Å². The fourth-order valence-corrected chi connectivity index (χ4v) is 3.67. The number of halogens is 1. The van der Waals surface area contributed by atoms with E-state index in [0.717, 1.165) is 32.1 Å². The molecule has 0 heterocycles. The largest absolute Gasteiger partial charge is 0.465 e. The molecule has 0 aliphatic heterocycles. The van der Waals surface area contributed by atoms with Gasteiger partial charge in [-0.2, -0.15) is 0 Å². The molecule has 3 rings (SSSR count). The Kier molecular flexibility index (Phi) is 5.74. The van der Waals surface area contributed by atoms with Crippen LogP contribution in [0.4, 0.5) is 14.9 Å². The lowest BCUT2D eigenvalue weighted by Gasteiger charge is -2.32. The smallest absolute Gasteiger partial charge is 0.412 e. The summed E-state index contributed by atoms with van der Waals surface area (Å²) in [4.78, 5) is 25.1. The molecule has 2 amide bonds. The second-order valence-corrected chi connectivity index (χ2v) is 6.77. The van der Waals surface area contributed by atoms with Crippen molar-refractivity contribution in [2.45, 2.75) is 38.1 Å². The minimum absolute atomic E-state index is 0.0910. The molecular weight excluding hydrogens is 347 g/mol. The molecule has 6 heteroatoms. The first kappa shape index (κ1) is 18.9. The van der Waals surface area contributed by atoms with Gasteiger partial charge < -0.3 is 10.4 Å². The molecule has 142 valence electrons. The van der Waals surface area contributed by atoms with Crippen molar-refractivity contribution in [3.8, 4) is 11.1 Å². The summed E-state index contributed by atoms with van der Waals surface area (Å²) < 4.78 is 14.5. The Balaban J connectivity index is 2.01. The number of anilines is 1. The highest BCUT2D eigenvalue weighted by molar-refractivity contribution is 5.95. The second kappa shape index (κ2) is 8.20. The fourth-order valence-electron chi connectivity index (χ4n) is 3.67. The van der Waals surface area contributed by atoms with Crippen molar-refractivity contribution in [2.75, 3.05) is 11.9 Å². The van der Waals surface area contributed by atoms with Crippen LogP contribution in [0.5, 0.6) is 0 Å². The van der Waals surface area contributed by atoms with E-state index in [1.54, 1.807) is 30.3 Å². The number of nitrogens with one attached hydrogen (secondary N) is 1. The molecule has 2 N–H and O–H groups in total. The van der Waals surface area contributed by atoms with Crippen molar-refractivity contribution in [1.82, 2.24) is 5.32 Å². The van der Waals surface area contributed by atoms with E-state index in [2.05, 4.69) is 5.32 Å². The number of amides is 2. The van der Waals surface area contributed by atoms with Crippen molar-refractivity contribution in [2.24, 2.45) is 0 Å². The predicted molar refractivity (Wildman–Crippen MR) is 103 cm³/mol. The fraction of sp³-hybridized carbons (Fsp3) is 0.333. The molecule has 0 bridgehead atoms. The molecule has 1 saturated carbocycles. The summed E-state index contributed by atoms with van der Waals surface area (Å²) in [6.07, 6.45) is 3.70. The molecule has 0 aromatic heterocycles. The van der Waals surface area contributed by atoms with E-state index in [4.69, 9.17) is 0 Å². The molecule has 2 aromatic carbocycles. The van der Waals surface area contributed by atoms with Gasteiger partial charge in [-0.3, -0.25) is 9.69 Å². The lowest BCUT2D eigenvalue weighted by molar-refractivity contribution is 0.0963. The van der Waals surface area contributed by atoms with Gasteiger partial charge in [0.05, 0.1) is 0 Å². The zero-order valence-electron chi connectivity index (χ0n) is 15.2. The summed E-state index contributed by atoms with van der Waals surface area (Å²) in [6, 6.07) is 10.9. The predicted octanol–water partition coefficient (Wildman–Crippen LogP) is 4.67. The van der Waals surface area contributed by atoms with E-state index in [0.29, 0.717) is 16.8 Å². The van der Waals surface area contributed by atoms with E-state index in [1.807, 2.05) is 0 Å². The Labute approximate surface area is 157 Å². The number of nitrogens with zero attached hydrogens (tertiary/aromatic N) is 1. The van der Waals surface area contributed by atoms with Gasteiger partial charge in [-0.15, -0.1) is 0 Å². The number of hydrogen-bond donors (Lipinski definition) is 2. The third-order valence-corrected chi connectivity index (χ3v) is 5.04. The average molecular weight is 370 g/mol. The van der Waals surface area contributed by atoms with Crippen molar-refractivity contribution in [3.05, 3.63) is 53.8 Å². The van der Waals surface area contributed by atoms with Crippen LogP contribution in [0.3, 0.4) is 0 Å². The first-order chi connectivity index (χ1) is 13.0. The van der Waals surface area contributed by atoms with E-state index < -0.39 is 11.9 Å². The molecule has 2 aromatic rings. The molecule has 0 unspecified atom stereocenters. The van der Waals surface area contributed by atoms with Gasteiger partial charge in [0.1, 0.15) is 5.82 Å². The molecule has 0 radical (unpaired) electrons. The Morgan fingerprint density at radius 3 is 2.52 bits per heavy atom. The van der Waals surface area contributed by atoms with Gasteiger partial charge >= 0.3 is 6.09 Å². The summed E-state index contributed by atoms with van der Waals surface area (Å²) in [5.74, 6) is -0.718. The molecular formula is C21H23FN2O3. The van der Waals surface area contributed by atoms with Crippen molar-refractivity contribution < 1.29 is 19.1 Å². The van der Waals surface area contributed by atoms with Gasteiger partial charge in [-0.1, -0.05) is 31.4 Å². The van der Waals surface area contributed by atoms with E-state index in [-0.39, 0.29) is 17.5 Å². The van der Waals surface area contributed by atoms with Crippen molar-refractivity contribution in [3.63, 3.8) is 0 Å². The highest BCUT2D eigenvalue weighted by Crippen LogP contribution is 2.32. The quantitative estimate of drug-likeness (QED) is 0.822. The van der Waals surface area contributed by atoms with Crippen LogP contribution in [0.2, 0.25) is 0 Å². The summed E-state index contributed by atoms with van der Waals surface area (Å²) in [7, 11) is 1.53. The lowest BCUT2D eigenvalue weighted by Crippen LogP contribution is -2.40. The molecule has 5 nitrogen and oxygen atoms in total. The normalized spacial score (nSPS) is 14.6. The van der Waals surface area contributed by atoms with E-state index in [9.17, 15) is 19.1 Å². The number of benzene rings is 2. The third-order valence-electron chi connectivity index (χ3n) is 5.04. The summed E-state index contributed by atoms with van der Waals surface area (Å²) >= 11 is 0. The average Bonchev–Trinajstić information content (AvgIpc) is 2.69. The maximum atomic E-state index is 14.5. The lowest BCUT2D eigenvalue weighted by atomic mass is 9.93. The Bertz CT molecular complexity index is 847. The molecule has 1 aliphatic carbocycles. The zero-order valence-corrected chi connectivity index (χ0v) is 15.2. The number of rotatable bonds is 4. The molecule has 1 fully saturated rings. The maximum absolute atomic E-state index is 14.5. The Hall–Kier alpha value is -2.89. The third kappa shape index (κ3) is 4.10. The summed E-state index contributed by atoms with van der Waals surface area (Å²) in [5, 5.41) is 12.3. The van der Waals surface area contributed by atoms with Gasteiger partial charge in [0.2, 0.25) is 0 Å². The summed E-state index contributed by atoms with van der Waals surface area (Å²) in [6.45, 7) is 0. The molecule has 0 saturated heterocycles. The van der Waals surface area contributed by atoms with Crippen molar-refractivity contribution >= 4 is 17.7 Å².